The van der Waals surface area contributed by atoms with Gasteiger partial charge in [-0.25, -0.2) is 9.59 Å². The van der Waals surface area contributed by atoms with Crippen LogP contribution < -0.4 is 75.0 Å². The number of nitrogens with one attached hydrogen (secondary N) is 2. The number of methoxy groups -OCH3 is 6. The Morgan fingerprint density at radius 2 is 0.560 bits per heavy atom. The Labute approximate surface area is 808 Å². The number of hydrogen-bond acceptors (Lipinski definition) is 30. The third-order valence-electron chi connectivity index (χ3n) is 22.5. The highest BCUT2D eigenvalue weighted by molar-refractivity contribution is 9.09. The zero-order valence-corrected chi connectivity index (χ0v) is 87.1. The molecule has 2 amide bonds. The van der Waals surface area contributed by atoms with E-state index in [1.54, 1.807) is 61.3 Å². The minimum Gasteiger partial charge on any atom is -0.495 e. The summed E-state index contributed by atoms with van der Waals surface area (Å²) >= 11 is 9.04. The van der Waals surface area contributed by atoms with Crippen molar-refractivity contribution in [1.82, 2.24) is 35.1 Å². The number of carbonyl (C=O) groups excluding carboxylic acids is 2. The van der Waals surface area contributed by atoms with E-state index in [1.165, 1.54) is 69.1 Å². The van der Waals surface area contributed by atoms with Crippen LogP contribution in [0.4, 0.5) is 72.2 Å². The monoisotopic (exact) mass is 1960 g/mol. The number of aryl methyl sites for hydroxylation is 6. The number of nitro benzene ring substituents is 4. The maximum atomic E-state index is 12.1. The van der Waals surface area contributed by atoms with Crippen LogP contribution in [0.1, 0.15) is 144 Å². The molecule has 0 bridgehead atoms. The van der Waals surface area contributed by atoms with E-state index in [0.717, 1.165) is 176 Å². The molecule has 134 heavy (non-hydrogen) atoms. The smallest absolute Gasteiger partial charge is 0.410 e. The highest BCUT2D eigenvalue weighted by atomic mass is 79.9. The topological polar surface area (TPSA) is 389 Å². The van der Waals surface area contributed by atoms with Gasteiger partial charge in [0.1, 0.15) is 22.7 Å². The molecule has 750 valence electrons. The SMILES string of the molecule is CC.CC(C)(C)OC(=O)N1CCNCC1.CC(C)Br.COc1cc(Cl)c(C)cc1[N+](=O)[O-].COc1cc(N2CCN(C(=O)OC(C)(C)C)CC2)c(C)cc1[N+](=O)[O-].COc1cc(N2CCN(C(C)C)CC2)c(C)cc1N.COc1cc(N2CCN(C(C)C)CC2)c(C)cc1N.COc1cc(N2CCN(C(C)C)CC2)c(C)cc1[N+](=O)[O-].COc1cc(N2CCNCC2)c(C)cc1[N+](=O)[O-]. The van der Waals surface area contributed by atoms with Gasteiger partial charge in [-0.05, 0) is 170 Å². The Kier molecular flexibility index (Phi) is 48.4. The number of nitrogens with two attached hydrogens (primary N) is 2. The van der Waals surface area contributed by atoms with Gasteiger partial charge < -0.3 is 94.3 Å². The fourth-order valence-electron chi connectivity index (χ4n) is 15.3. The number of nitro groups is 4. The van der Waals surface area contributed by atoms with Gasteiger partial charge in [0, 0.05) is 274 Å². The van der Waals surface area contributed by atoms with Crippen LogP contribution >= 0.6 is 27.5 Å². The average molecular weight is 1960 g/mol. The van der Waals surface area contributed by atoms with Crippen molar-refractivity contribution in [3.05, 3.63) is 152 Å². The van der Waals surface area contributed by atoms with Gasteiger partial charge in [-0.15, -0.1) is 0 Å². The lowest BCUT2D eigenvalue weighted by Gasteiger charge is -2.38. The molecule has 0 aromatic heterocycles. The van der Waals surface area contributed by atoms with Gasteiger partial charge in [0.25, 0.3) is 0 Å². The second-order valence-electron chi connectivity index (χ2n) is 35.8. The summed E-state index contributed by atoms with van der Waals surface area (Å²) < 4.78 is 41.5. The Morgan fingerprint density at radius 1 is 0.351 bits per heavy atom. The molecule has 38 heteroatoms. The molecule has 0 saturated carbocycles. The molecule has 36 nitrogen and oxygen atoms in total. The van der Waals surface area contributed by atoms with E-state index in [1.807, 2.05) is 88.3 Å². The first-order valence-electron chi connectivity index (χ1n) is 45.9. The number of piperazine rings is 6. The second-order valence-corrected chi connectivity index (χ2v) is 38.0. The summed E-state index contributed by atoms with van der Waals surface area (Å²) in [5, 5.41) is 50.5. The van der Waals surface area contributed by atoms with Gasteiger partial charge in [0.2, 0.25) is 0 Å². The van der Waals surface area contributed by atoms with Crippen molar-refractivity contribution in [2.45, 2.75) is 186 Å². The number of hydrogen-bond donors (Lipinski definition) is 4. The van der Waals surface area contributed by atoms with Crippen molar-refractivity contribution in [1.29, 1.82) is 0 Å². The van der Waals surface area contributed by atoms with Gasteiger partial charge >= 0.3 is 34.9 Å². The van der Waals surface area contributed by atoms with Crippen molar-refractivity contribution in [3.8, 4) is 34.5 Å². The van der Waals surface area contributed by atoms with Crippen LogP contribution in [0, 0.1) is 82.0 Å². The van der Waals surface area contributed by atoms with Crippen molar-refractivity contribution in [3.63, 3.8) is 0 Å². The highest BCUT2D eigenvalue weighted by Crippen LogP contribution is 2.40. The Morgan fingerprint density at radius 3 is 0.799 bits per heavy atom. The van der Waals surface area contributed by atoms with Crippen molar-refractivity contribution in [2.24, 2.45) is 0 Å². The van der Waals surface area contributed by atoms with Crippen molar-refractivity contribution in [2.75, 3.05) is 236 Å². The number of nitrogens with zero attached hydrogens (tertiary/aromatic N) is 14. The largest absolute Gasteiger partial charge is 0.495 e. The second kappa shape index (κ2) is 56.1. The molecule has 6 heterocycles. The lowest BCUT2D eigenvalue weighted by atomic mass is 10.1. The first kappa shape index (κ1) is 116. The molecule has 6 aliphatic rings. The number of carbonyl (C=O) groups is 2. The van der Waals surface area contributed by atoms with Crippen LogP contribution in [0.5, 0.6) is 34.5 Å². The van der Waals surface area contributed by atoms with Crippen molar-refractivity contribution < 1.29 is 67.2 Å². The number of ether oxygens (including phenoxy) is 8. The maximum absolute atomic E-state index is 12.1. The quantitative estimate of drug-likeness (QED) is 0.0269. The Bertz CT molecular complexity index is 4620. The van der Waals surface area contributed by atoms with E-state index < -0.39 is 25.3 Å². The molecular formula is C96H154BrClN18O18. The summed E-state index contributed by atoms with van der Waals surface area (Å²) in [4.78, 5) is 88.5. The summed E-state index contributed by atoms with van der Waals surface area (Å²) in [7, 11) is 9.05. The van der Waals surface area contributed by atoms with Crippen LogP contribution in [0.15, 0.2) is 72.8 Å². The summed E-state index contributed by atoms with van der Waals surface area (Å²) in [6, 6.07) is 22.7. The molecule has 0 spiro atoms. The number of nitrogen functional groups attached to an aromatic ring is 2. The van der Waals surface area contributed by atoms with E-state index in [-0.39, 0.29) is 52.0 Å². The Hall–Kier alpha value is -10.6. The third kappa shape index (κ3) is 36.6. The van der Waals surface area contributed by atoms with Gasteiger partial charge in [-0.1, -0.05) is 55.2 Å². The number of anilines is 7. The van der Waals surface area contributed by atoms with E-state index in [9.17, 15) is 50.0 Å². The predicted octanol–water partition coefficient (Wildman–Crippen LogP) is 17.2. The molecule has 0 atom stereocenters. The number of rotatable bonds is 18. The molecule has 6 aromatic carbocycles. The highest BCUT2D eigenvalue weighted by Gasteiger charge is 2.32. The first-order chi connectivity index (χ1) is 63.0. The van der Waals surface area contributed by atoms with Gasteiger partial charge in [0.15, 0.2) is 23.0 Å². The van der Waals surface area contributed by atoms with Gasteiger partial charge in [0.05, 0.1) is 73.7 Å². The number of alkyl halides is 1. The van der Waals surface area contributed by atoms with Crippen LogP contribution in [-0.4, -0.2) is 290 Å². The molecule has 6 fully saturated rings. The number of benzene rings is 6. The molecular weight excluding hydrogens is 1810 g/mol. The molecule has 6 N–H and O–H groups in total. The fourth-order valence-corrected chi connectivity index (χ4v) is 15.4. The summed E-state index contributed by atoms with van der Waals surface area (Å²) in [6.45, 7) is 66.1. The molecule has 0 aliphatic carbocycles. The zero-order valence-electron chi connectivity index (χ0n) is 84.7. The van der Waals surface area contributed by atoms with Crippen LogP contribution in [0.25, 0.3) is 0 Å². The summed E-state index contributed by atoms with van der Waals surface area (Å²) in [6.07, 6.45) is -0.515. The lowest BCUT2D eigenvalue weighted by molar-refractivity contribution is -0.385. The van der Waals surface area contributed by atoms with E-state index in [4.69, 9.17) is 61.0 Å². The van der Waals surface area contributed by atoms with Gasteiger partial charge in [-0.2, -0.15) is 0 Å². The van der Waals surface area contributed by atoms with E-state index in [2.05, 4.69) is 147 Å². The zero-order chi connectivity index (χ0) is 101. The molecule has 6 aromatic rings. The van der Waals surface area contributed by atoms with Gasteiger partial charge in [-0.3, -0.25) is 55.2 Å². The number of amides is 2. The fraction of sp³-hybridized carbons (Fsp3) is 0.604. The average Bonchev–Trinajstić information content (AvgIpc) is 0.866. The standard InChI is InChI=1S/C17H25N3O5.C15H23N3O3.2C15H25N3O.C12H17N3O3.C9H18N2O2.C8H8ClNO3.C3H7Br.C2H6/c1-12-10-14(20(22)23)15(24-5)11-13(12)18-6-8-19(9-7-18)16(21)25-17(2,3)4;1-11(2)16-5-7-17(8-6-16)13-10-15(21-4)14(18(19)20)9-12(13)3;2*1-11(2)17-5-7-18(8-6-17)14-10-15(19-4)13(16)9-12(14)3;1-9-7-11(15(16)17)12(18-2)8-10(9)14-5-3-13-4-6-14;1-9(2,3)13-8(12)11-6-4-10-5-7-11;1-5-3-7(10(11)12)8(13-2)4-6(5)9;1-3(2)4;1-2/h10-11H,6-9H2,1-5H3;9-11H,5-8H2,1-4H3;2*9-11H,5-8,16H2,1-4H3;7-8,13H,3-6H2,1-2H3;10H,4-7H2,1-3H3;3-4H,1-2H3;3H,1-2H3;1-2H3. The molecule has 6 saturated heterocycles. The first-order valence-corrected chi connectivity index (χ1v) is 47.2. The minimum absolute atomic E-state index is 0.0221. The van der Waals surface area contributed by atoms with Crippen LogP contribution in [0.3, 0.4) is 0 Å². The lowest BCUT2D eigenvalue weighted by Crippen LogP contribution is -2.50. The summed E-state index contributed by atoms with van der Waals surface area (Å²) in [5.41, 5.74) is 23.5. The molecule has 0 radical (unpaired) electrons. The maximum Gasteiger partial charge on any atom is 0.410 e. The minimum atomic E-state index is -0.517. The molecule has 0 unspecified atom stereocenters. The van der Waals surface area contributed by atoms with Crippen molar-refractivity contribution >= 4 is 102 Å². The molecule has 6 aliphatic heterocycles. The Balaban J connectivity index is 0.000000326. The summed E-state index contributed by atoms with van der Waals surface area (Å²) in [5.74, 6) is 2.60. The van der Waals surface area contributed by atoms with E-state index in [0.29, 0.717) is 82.6 Å². The predicted molar refractivity (Wildman–Crippen MR) is 545 cm³/mol. The van der Waals surface area contributed by atoms with E-state index >= 15 is 0 Å². The normalized spacial score (nSPS) is 15.3. The number of halogens is 2. The van der Waals surface area contributed by atoms with Crippen LogP contribution in [-0.2, 0) is 9.47 Å². The van der Waals surface area contributed by atoms with Crippen LogP contribution in [0.2, 0.25) is 5.02 Å². The third-order valence-corrected chi connectivity index (χ3v) is 22.9. The molecule has 12 rings (SSSR count).